The highest BCUT2D eigenvalue weighted by atomic mass is 35.5. The molecule has 8 nitrogen and oxygen atoms in total. The Balaban J connectivity index is 0.00000200. The van der Waals surface area contributed by atoms with Crippen LogP contribution < -0.4 is 11.1 Å². The van der Waals surface area contributed by atoms with Crippen molar-refractivity contribution in [2.24, 2.45) is 23.5 Å². The first-order valence-corrected chi connectivity index (χ1v) is 5.94. The molecule has 2 saturated carbocycles. The van der Waals surface area contributed by atoms with Gasteiger partial charge in [0, 0.05) is 18.3 Å². The smallest absolute Gasteiger partial charge is 0.329 e. The second kappa shape index (κ2) is 5.19. The fourth-order valence-corrected chi connectivity index (χ4v) is 3.12. The van der Waals surface area contributed by atoms with Gasteiger partial charge in [0.15, 0.2) is 0 Å². The number of hydrogen-bond acceptors (Lipinski definition) is 5. The number of carbonyl (C=O) groups is 3. The quantitative estimate of drug-likeness (QED) is 0.420. The predicted molar refractivity (Wildman–Crippen MR) is 68.1 cm³/mol. The van der Waals surface area contributed by atoms with E-state index in [0.29, 0.717) is 0 Å². The molecule has 2 aliphatic rings. The van der Waals surface area contributed by atoms with E-state index in [1.54, 1.807) is 0 Å². The molecule has 20 heavy (non-hydrogen) atoms. The third-order valence-electron chi connectivity index (χ3n) is 4.05. The van der Waals surface area contributed by atoms with Gasteiger partial charge in [-0.05, 0) is 6.92 Å². The molecule has 114 valence electrons. The van der Waals surface area contributed by atoms with Gasteiger partial charge in [-0.15, -0.1) is 12.4 Å². The van der Waals surface area contributed by atoms with Crippen molar-refractivity contribution < 1.29 is 29.7 Å². The molecule has 0 radical (unpaired) electrons. The van der Waals surface area contributed by atoms with Crippen molar-refractivity contribution in [3.05, 3.63) is 0 Å². The van der Waals surface area contributed by atoms with Crippen LogP contribution in [0.1, 0.15) is 13.3 Å². The number of carbonyl (C=O) groups excluding carboxylic acids is 1. The minimum absolute atomic E-state index is 0. The Labute approximate surface area is 120 Å². The molecule has 2 fully saturated rings. The highest BCUT2D eigenvalue weighted by Crippen LogP contribution is 2.62. The average Bonchev–Trinajstić information content (AvgIpc) is 2.96. The van der Waals surface area contributed by atoms with Crippen LogP contribution in [-0.4, -0.2) is 50.9 Å². The Morgan fingerprint density at radius 1 is 1.35 bits per heavy atom. The molecular formula is C11H17ClN2O6. The summed E-state index contributed by atoms with van der Waals surface area (Å²) in [5, 5.41) is 30.4. The normalized spacial score (nSPS) is 39.1. The first kappa shape index (κ1) is 16.7. The van der Waals surface area contributed by atoms with E-state index >= 15 is 0 Å². The van der Waals surface area contributed by atoms with Gasteiger partial charge in [-0.3, -0.25) is 9.59 Å². The molecule has 0 unspecified atom stereocenters. The molecule has 0 saturated heterocycles. The van der Waals surface area contributed by atoms with E-state index in [0.717, 1.165) is 0 Å². The zero-order valence-electron chi connectivity index (χ0n) is 10.6. The molecule has 0 aromatic rings. The summed E-state index contributed by atoms with van der Waals surface area (Å²) < 4.78 is 0. The van der Waals surface area contributed by atoms with Crippen molar-refractivity contribution >= 4 is 30.3 Å². The maximum absolute atomic E-state index is 11.6. The minimum atomic E-state index is -1.74. The molecule has 6 atom stereocenters. The number of fused-ring (bicyclic) bond motifs is 1. The largest absolute Gasteiger partial charge is 0.481 e. The van der Waals surface area contributed by atoms with Gasteiger partial charge >= 0.3 is 11.9 Å². The van der Waals surface area contributed by atoms with Crippen LogP contribution in [0, 0.1) is 17.8 Å². The molecule has 9 heteroatoms. The summed E-state index contributed by atoms with van der Waals surface area (Å²) in [7, 11) is 0. The number of carboxylic acids is 2. The third-order valence-corrected chi connectivity index (χ3v) is 4.05. The van der Waals surface area contributed by atoms with Crippen molar-refractivity contribution in [1.82, 2.24) is 5.32 Å². The lowest BCUT2D eigenvalue weighted by Gasteiger charge is -2.30. The zero-order chi connectivity index (χ0) is 14.5. The summed E-state index contributed by atoms with van der Waals surface area (Å²) in [6.07, 6.45) is -1.24. The van der Waals surface area contributed by atoms with Crippen LogP contribution in [0.4, 0.5) is 0 Å². The molecule has 0 aromatic heterocycles. The monoisotopic (exact) mass is 308 g/mol. The second-order valence-electron chi connectivity index (χ2n) is 5.29. The number of amides is 1. The number of carboxylic acid groups (broad SMARTS) is 2. The van der Waals surface area contributed by atoms with Gasteiger partial charge < -0.3 is 26.4 Å². The number of aliphatic carboxylic acids is 2. The van der Waals surface area contributed by atoms with Crippen LogP contribution in [0.15, 0.2) is 0 Å². The van der Waals surface area contributed by atoms with E-state index in [-0.39, 0.29) is 18.8 Å². The number of aliphatic hydroxyl groups excluding tert-OH is 1. The SMILES string of the molecule is C[C@H](N)C(=O)N[C@@]1(C(=O)O)C[C@H](O)[C@H]2[C@H](C(=O)O)[C@H]21.Cl. The average molecular weight is 309 g/mol. The predicted octanol–water partition coefficient (Wildman–Crippen LogP) is -1.59. The van der Waals surface area contributed by atoms with Gasteiger partial charge in [0.05, 0.1) is 18.1 Å². The molecule has 0 heterocycles. The lowest BCUT2D eigenvalue weighted by molar-refractivity contribution is -0.150. The van der Waals surface area contributed by atoms with Crippen molar-refractivity contribution in [3.8, 4) is 0 Å². The van der Waals surface area contributed by atoms with E-state index in [1.807, 2.05) is 0 Å². The Morgan fingerprint density at radius 3 is 2.25 bits per heavy atom. The van der Waals surface area contributed by atoms with E-state index in [9.17, 15) is 24.6 Å². The molecular weight excluding hydrogens is 292 g/mol. The van der Waals surface area contributed by atoms with Crippen LogP contribution in [0.5, 0.6) is 0 Å². The maximum Gasteiger partial charge on any atom is 0.329 e. The van der Waals surface area contributed by atoms with Gasteiger partial charge in [-0.2, -0.15) is 0 Å². The molecule has 0 aliphatic heterocycles. The van der Waals surface area contributed by atoms with Crippen molar-refractivity contribution in [2.75, 3.05) is 0 Å². The van der Waals surface area contributed by atoms with E-state index < -0.39 is 53.3 Å². The number of hydrogen-bond donors (Lipinski definition) is 5. The summed E-state index contributed by atoms with van der Waals surface area (Å²) in [5.74, 6) is -5.52. The highest BCUT2D eigenvalue weighted by Gasteiger charge is 2.75. The zero-order valence-corrected chi connectivity index (χ0v) is 11.5. The van der Waals surface area contributed by atoms with Crippen LogP contribution in [0.2, 0.25) is 0 Å². The van der Waals surface area contributed by atoms with Crippen molar-refractivity contribution in [3.63, 3.8) is 0 Å². The molecule has 2 aliphatic carbocycles. The number of nitrogens with two attached hydrogens (primary N) is 1. The van der Waals surface area contributed by atoms with Gasteiger partial charge in [0.25, 0.3) is 0 Å². The van der Waals surface area contributed by atoms with Crippen LogP contribution in [0.25, 0.3) is 0 Å². The Bertz CT molecular complexity index is 456. The molecule has 1 amide bonds. The van der Waals surface area contributed by atoms with Crippen LogP contribution in [0.3, 0.4) is 0 Å². The molecule has 0 bridgehead atoms. The number of aliphatic hydroxyl groups is 1. The van der Waals surface area contributed by atoms with Crippen molar-refractivity contribution in [1.29, 1.82) is 0 Å². The first-order chi connectivity index (χ1) is 8.72. The Hall–Kier alpha value is -1.38. The van der Waals surface area contributed by atoms with Gasteiger partial charge in [-0.25, -0.2) is 4.79 Å². The summed E-state index contributed by atoms with van der Waals surface area (Å²) in [5.41, 5.74) is 3.64. The third kappa shape index (κ3) is 2.23. The fraction of sp³-hybridized carbons (Fsp3) is 0.727. The lowest BCUT2D eigenvalue weighted by atomic mass is 9.89. The van der Waals surface area contributed by atoms with E-state index in [2.05, 4.69) is 5.32 Å². The van der Waals surface area contributed by atoms with Gasteiger partial charge in [-0.1, -0.05) is 0 Å². The molecule has 0 aromatic carbocycles. The summed E-state index contributed by atoms with van der Waals surface area (Å²) in [6, 6.07) is -0.908. The van der Waals surface area contributed by atoms with Crippen LogP contribution >= 0.6 is 12.4 Å². The number of nitrogens with one attached hydrogen (secondary N) is 1. The van der Waals surface area contributed by atoms with Gasteiger partial charge in [0.1, 0.15) is 5.54 Å². The first-order valence-electron chi connectivity index (χ1n) is 5.94. The lowest BCUT2D eigenvalue weighted by Crippen LogP contribution is -2.59. The highest BCUT2D eigenvalue weighted by molar-refractivity contribution is 5.92. The molecule has 2 rings (SSSR count). The van der Waals surface area contributed by atoms with E-state index in [1.165, 1.54) is 6.92 Å². The fourth-order valence-electron chi connectivity index (χ4n) is 3.12. The number of halogens is 1. The Kier molecular flexibility index (Phi) is 4.33. The summed E-state index contributed by atoms with van der Waals surface area (Å²) in [6.45, 7) is 1.40. The molecule has 0 spiro atoms. The standard InChI is InChI=1S/C11H16N2O6.ClH/c1-3(12)8(15)13-11(10(18)19)2-4(14)5-6(7(5)11)9(16)17;/h3-7,14H,2,12H2,1H3,(H,13,15)(H,16,17)(H,18,19);1H/t3-,4-,5-,6-,7-,11-;/m0./s1. The van der Waals surface area contributed by atoms with Gasteiger partial charge in [0.2, 0.25) is 5.91 Å². The van der Waals surface area contributed by atoms with Crippen molar-refractivity contribution in [2.45, 2.75) is 31.0 Å². The minimum Gasteiger partial charge on any atom is -0.481 e. The number of rotatable bonds is 4. The summed E-state index contributed by atoms with van der Waals surface area (Å²) in [4.78, 5) is 34.1. The Morgan fingerprint density at radius 2 is 1.90 bits per heavy atom. The maximum atomic E-state index is 11.6. The van der Waals surface area contributed by atoms with Crippen LogP contribution in [-0.2, 0) is 14.4 Å². The summed E-state index contributed by atoms with van der Waals surface area (Å²) >= 11 is 0. The molecule has 6 N–H and O–H groups in total. The topological polar surface area (TPSA) is 150 Å². The van der Waals surface area contributed by atoms with E-state index in [4.69, 9.17) is 10.8 Å². The second-order valence-corrected chi connectivity index (χ2v) is 5.29.